The lowest BCUT2D eigenvalue weighted by Gasteiger charge is -2.20. The molecule has 0 aromatic carbocycles. The van der Waals surface area contributed by atoms with Gasteiger partial charge in [-0.1, -0.05) is 13.8 Å². The van der Waals surface area contributed by atoms with Crippen molar-refractivity contribution < 1.29 is 9.90 Å². The van der Waals surface area contributed by atoms with E-state index in [2.05, 4.69) is 0 Å². The number of carbonyl (C=O) groups is 1. The van der Waals surface area contributed by atoms with E-state index in [0.717, 1.165) is 13.0 Å². The van der Waals surface area contributed by atoms with E-state index in [4.69, 9.17) is 0 Å². The summed E-state index contributed by atoms with van der Waals surface area (Å²) in [6.45, 7) is 5.13. The van der Waals surface area contributed by atoms with Crippen molar-refractivity contribution in [2.24, 2.45) is 11.8 Å². The Morgan fingerprint density at radius 1 is 1.67 bits per heavy atom. The van der Waals surface area contributed by atoms with Gasteiger partial charge in [0, 0.05) is 24.9 Å². The number of nitrogens with zero attached hydrogens (tertiary/aromatic N) is 1. The summed E-state index contributed by atoms with van der Waals surface area (Å²) in [6.07, 6.45) is 0.898. The first-order valence-corrected chi connectivity index (χ1v) is 4.54. The van der Waals surface area contributed by atoms with Gasteiger partial charge in [0.1, 0.15) is 0 Å². The van der Waals surface area contributed by atoms with E-state index in [1.54, 1.807) is 4.90 Å². The Morgan fingerprint density at radius 3 is 2.75 bits per heavy atom. The summed E-state index contributed by atoms with van der Waals surface area (Å²) in [5, 5.41) is 9.68. The van der Waals surface area contributed by atoms with Crippen LogP contribution in [0.25, 0.3) is 0 Å². The highest BCUT2D eigenvalue weighted by Crippen LogP contribution is 2.49. The number of rotatable bonds is 1. The van der Waals surface area contributed by atoms with Crippen LogP contribution in [0.4, 0.5) is 0 Å². The Hall–Kier alpha value is -0.570. The van der Waals surface area contributed by atoms with E-state index in [1.165, 1.54) is 0 Å². The molecular formula is C9H15NO2. The first kappa shape index (κ1) is 8.05. The van der Waals surface area contributed by atoms with Crippen LogP contribution in [-0.4, -0.2) is 34.6 Å². The lowest BCUT2D eigenvalue weighted by molar-refractivity contribution is -0.134. The van der Waals surface area contributed by atoms with Crippen molar-refractivity contribution in [2.75, 3.05) is 13.1 Å². The fraction of sp³-hybridized carbons (Fsp3) is 0.889. The molecule has 12 heavy (non-hydrogen) atoms. The maximum absolute atomic E-state index is 11.5. The van der Waals surface area contributed by atoms with Crippen molar-refractivity contribution in [2.45, 2.75) is 25.9 Å². The molecule has 68 valence electrons. The molecule has 0 aromatic rings. The van der Waals surface area contributed by atoms with Crippen molar-refractivity contribution in [3.05, 3.63) is 0 Å². The number of amides is 1. The van der Waals surface area contributed by atoms with Gasteiger partial charge in [-0.2, -0.15) is 0 Å². The van der Waals surface area contributed by atoms with Crippen LogP contribution in [0.5, 0.6) is 0 Å². The second-order valence-corrected chi connectivity index (χ2v) is 4.38. The summed E-state index contributed by atoms with van der Waals surface area (Å²) >= 11 is 0. The number of piperidine rings is 1. The predicted octanol–water partition coefficient (Wildman–Crippen LogP) is 0.236. The standard InChI is InChI=1S/C9H15NO2/c1-6(2)8(11)10-4-7-3-9(7,12)5-10/h6-7,12H,3-5H2,1-2H3. The molecule has 1 N–H and O–H groups in total. The molecule has 0 bridgehead atoms. The van der Waals surface area contributed by atoms with Crippen molar-refractivity contribution in [3.8, 4) is 0 Å². The number of carbonyl (C=O) groups excluding carboxylic acids is 1. The molecular weight excluding hydrogens is 154 g/mol. The minimum Gasteiger partial charge on any atom is -0.388 e. The smallest absolute Gasteiger partial charge is 0.225 e. The zero-order chi connectivity index (χ0) is 8.93. The van der Waals surface area contributed by atoms with Gasteiger partial charge in [-0.05, 0) is 6.42 Å². The number of likely N-dealkylation sites (tertiary alicyclic amines) is 1. The maximum Gasteiger partial charge on any atom is 0.225 e. The Labute approximate surface area is 72.4 Å². The summed E-state index contributed by atoms with van der Waals surface area (Å²) in [5.41, 5.74) is -0.495. The van der Waals surface area contributed by atoms with Gasteiger partial charge in [-0.15, -0.1) is 0 Å². The van der Waals surface area contributed by atoms with Crippen LogP contribution in [0, 0.1) is 11.8 Å². The fourth-order valence-corrected chi connectivity index (χ4v) is 1.99. The average Bonchev–Trinajstić information content (AvgIpc) is 2.49. The minimum atomic E-state index is -0.495. The van der Waals surface area contributed by atoms with Crippen LogP contribution in [0.1, 0.15) is 20.3 Å². The van der Waals surface area contributed by atoms with E-state index in [0.29, 0.717) is 12.5 Å². The molecule has 2 unspecified atom stereocenters. The molecule has 0 radical (unpaired) electrons. The maximum atomic E-state index is 11.5. The highest BCUT2D eigenvalue weighted by Gasteiger charge is 2.59. The normalized spacial score (nSPS) is 38.7. The summed E-state index contributed by atoms with van der Waals surface area (Å²) in [4.78, 5) is 13.3. The van der Waals surface area contributed by atoms with Crippen LogP contribution in [0.2, 0.25) is 0 Å². The second kappa shape index (κ2) is 2.22. The highest BCUT2D eigenvalue weighted by molar-refractivity contribution is 5.78. The van der Waals surface area contributed by atoms with E-state index < -0.39 is 5.60 Å². The summed E-state index contributed by atoms with van der Waals surface area (Å²) in [5.74, 6) is 0.613. The number of hydrogen-bond acceptors (Lipinski definition) is 2. The van der Waals surface area contributed by atoms with Gasteiger partial charge in [-0.25, -0.2) is 0 Å². The third kappa shape index (κ3) is 1.04. The quantitative estimate of drug-likeness (QED) is 0.610. The highest BCUT2D eigenvalue weighted by atomic mass is 16.3. The van der Waals surface area contributed by atoms with Crippen molar-refractivity contribution in [3.63, 3.8) is 0 Å². The molecule has 2 aliphatic rings. The van der Waals surface area contributed by atoms with Crippen LogP contribution < -0.4 is 0 Å². The SMILES string of the molecule is CC(C)C(=O)N1CC2CC2(O)C1. The van der Waals surface area contributed by atoms with Gasteiger partial charge < -0.3 is 10.0 Å². The molecule has 1 aliphatic heterocycles. The minimum absolute atomic E-state index is 0.0612. The number of hydrogen-bond donors (Lipinski definition) is 1. The van der Waals surface area contributed by atoms with Gasteiger partial charge in [0.15, 0.2) is 0 Å². The molecule has 2 fully saturated rings. The molecule has 0 spiro atoms. The third-order valence-corrected chi connectivity index (χ3v) is 2.91. The van der Waals surface area contributed by atoms with Crippen LogP contribution in [0.3, 0.4) is 0 Å². The Balaban J connectivity index is 1.97. The average molecular weight is 169 g/mol. The molecule has 1 saturated heterocycles. The molecule has 1 heterocycles. The molecule has 1 saturated carbocycles. The zero-order valence-electron chi connectivity index (χ0n) is 7.58. The van der Waals surface area contributed by atoms with Crippen molar-refractivity contribution in [1.82, 2.24) is 4.90 Å². The first-order chi connectivity index (χ1) is 5.53. The summed E-state index contributed by atoms with van der Waals surface area (Å²) < 4.78 is 0. The number of fused-ring (bicyclic) bond motifs is 1. The van der Waals surface area contributed by atoms with Gasteiger partial charge in [0.25, 0.3) is 0 Å². The predicted molar refractivity (Wildman–Crippen MR) is 44.5 cm³/mol. The largest absolute Gasteiger partial charge is 0.388 e. The molecule has 1 aliphatic carbocycles. The molecule has 2 atom stereocenters. The van der Waals surface area contributed by atoms with Crippen LogP contribution >= 0.6 is 0 Å². The van der Waals surface area contributed by atoms with Gasteiger partial charge in [0.2, 0.25) is 5.91 Å². The Kier molecular flexibility index (Phi) is 1.49. The topological polar surface area (TPSA) is 40.5 Å². The van der Waals surface area contributed by atoms with Gasteiger partial charge in [0.05, 0.1) is 5.60 Å². The summed E-state index contributed by atoms with van der Waals surface area (Å²) in [7, 11) is 0. The van der Waals surface area contributed by atoms with Gasteiger partial charge >= 0.3 is 0 Å². The fourth-order valence-electron chi connectivity index (χ4n) is 1.99. The Morgan fingerprint density at radius 2 is 2.33 bits per heavy atom. The van der Waals surface area contributed by atoms with Crippen molar-refractivity contribution in [1.29, 1.82) is 0 Å². The van der Waals surface area contributed by atoms with Gasteiger partial charge in [-0.3, -0.25) is 4.79 Å². The van der Waals surface area contributed by atoms with Crippen LogP contribution in [-0.2, 0) is 4.79 Å². The monoisotopic (exact) mass is 169 g/mol. The first-order valence-electron chi connectivity index (χ1n) is 4.54. The third-order valence-electron chi connectivity index (χ3n) is 2.91. The molecule has 3 nitrogen and oxygen atoms in total. The summed E-state index contributed by atoms with van der Waals surface area (Å²) in [6, 6.07) is 0. The second-order valence-electron chi connectivity index (χ2n) is 4.38. The molecule has 1 amide bonds. The van der Waals surface area contributed by atoms with E-state index in [1.807, 2.05) is 13.8 Å². The number of aliphatic hydroxyl groups is 1. The molecule has 2 rings (SSSR count). The lowest BCUT2D eigenvalue weighted by atomic mass is 10.2. The Bertz CT molecular complexity index is 227. The molecule has 3 heteroatoms. The number of β-amino-alcohol motifs (C(OH)–C–C–N with tert-alkyl or cyclic N) is 1. The molecule has 0 aromatic heterocycles. The zero-order valence-corrected chi connectivity index (χ0v) is 7.58. The lowest BCUT2D eigenvalue weighted by Crippen LogP contribution is -2.36. The van der Waals surface area contributed by atoms with Crippen molar-refractivity contribution >= 4 is 5.91 Å². The van der Waals surface area contributed by atoms with E-state index in [9.17, 15) is 9.90 Å². The van der Waals surface area contributed by atoms with E-state index in [-0.39, 0.29) is 11.8 Å². The van der Waals surface area contributed by atoms with E-state index >= 15 is 0 Å². The van der Waals surface area contributed by atoms with Crippen LogP contribution in [0.15, 0.2) is 0 Å².